The zero-order chi connectivity index (χ0) is 28.3. The minimum absolute atomic E-state index is 0.0130. The average molecular weight is 557 g/mol. The van der Waals surface area contributed by atoms with E-state index in [4.69, 9.17) is 25.8 Å². The number of ether oxygens (including phenoxy) is 3. The Labute approximate surface area is 231 Å². The van der Waals surface area contributed by atoms with Crippen molar-refractivity contribution in [2.75, 3.05) is 31.0 Å². The molecule has 4 rings (SSSR count). The van der Waals surface area contributed by atoms with Crippen LogP contribution in [0.25, 0.3) is 0 Å². The molecule has 39 heavy (non-hydrogen) atoms. The predicted molar refractivity (Wildman–Crippen MR) is 149 cm³/mol. The molecule has 11 nitrogen and oxygen atoms in total. The highest BCUT2D eigenvalue weighted by Gasteiger charge is 2.35. The molecule has 1 fully saturated rings. The highest BCUT2D eigenvalue weighted by atomic mass is 35.5. The molecule has 0 spiro atoms. The van der Waals surface area contributed by atoms with Gasteiger partial charge in [0.25, 0.3) is 5.56 Å². The molecule has 0 saturated heterocycles. The number of methoxy groups -OCH3 is 1. The van der Waals surface area contributed by atoms with Crippen LogP contribution in [0.4, 0.5) is 22.0 Å². The van der Waals surface area contributed by atoms with E-state index >= 15 is 0 Å². The molecule has 3 heterocycles. The Morgan fingerprint density at radius 1 is 1.08 bits per heavy atom. The number of pyridine rings is 2. The van der Waals surface area contributed by atoms with Crippen LogP contribution >= 0.6 is 11.6 Å². The molecule has 0 bridgehead atoms. The molecule has 1 saturated carbocycles. The number of nitrogens with zero attached hydrogens (tertiary/aromatic N) is 4. The van der Waals surface area contributed by atoms with Crippen molar-refractivity contribution in [3.8, 4) is 11.8 Å². The maximum atomic E-state index is 13.5. The lowest BCUT2D eigenvalue weighted by molar-refractivity contribution is 0.135. The SMILES string of the molecule is CCOc1nc(C)c(NC(=O)OCC(C2CC2)n2cc(Cl)nc(Nc3cc(C)c(OC)nc3C)c2=O)cc1C. The summed E-state index contributed by atoms with van der Waals surface area (Å²) in [6, 6.07) is 3.22. The first kappa shape index (κ1) is 28.2. The second-order valence-electron chi connectivity index (χ2n) is 9.50. The van der Waals surface area contributed by atoms with Crippen molar-refractivity contribution < 1.29 is 19.0 Å². The van der Waals surface area contributed by atoms with Crippen molar-refractivity contribution >= 4 is 34.9 Å². The van der Waals surface area contributed by atoms with E-state index in [1.807, 2.05) is 26.8 Å². The lowest BCUT2D eigenvalue weighted by Gasteiger charge is -2.21. The van der Waals surface area contributed by atoms with Gasteiger partial charge in [0.05, 0.1) is 42.5 Å². The van der Waals surface area contributed by atoms with Crippen molar-refractivity contribution in [1.29, 1.82) is 0 Å². The summed E-state index contributed by atoms with van der Waals surface area (Å²) in [5.41, 5.74) is 3.60. The fourth-order valence-corrected chi connectivity index (χ4v) is 4.47. The number of halogens is 1. The molecule has 12 heteroatoms. The van der Waals surface area contributed by atoms with Crippen LogP contribution in [-0.2, 0) is 4.74 Å². The lowest BCUT2D eigenvalue weighted by atomic mass is 10.2. The van der Waals surface area contributed by atoms with Crippen LogP contribution in [0.5, 0.6) is 11.8 Å². The Morgan fingerprint density at radius 3 is 2.38 bits per heavy atom. The number of aryl methyl sites for hydroxylation is 4. The van der Waals surface area contributed by atoms with Gasteiger partial charge in [-0.05, 0) is 65.5 Å². The maximum absolute atomic E-state index is 13.5. The number of rotatable bonds is 10. The van der Waals surface area contributed by atoms with E-state index in [0.29, 0.717) is 41.1 Å². The quantitative estimate of drug-likeness (QED) is 0.343. The van der Waals surface area contributed by atoms with E-state index in [9.17, 15) is 9.59 Å². The molecule has 1 aliphatic rings. The number of carbonyl (C=O) groups is 1. The number of aromatic nitrogens is 4. The molecular weight excluding hydrogens is 524 g/mol. The first-order valence-corrected chi connectivity index (χ1v) is 13.1. The van der Waals surface area contributed by atoms with E-state index in [1.165, 1.54) is 10.8 Å². The van der Waals surface area contributed by atoms with Gasteiger partial charge in [-0.1, -0.05) is 11.6 Å². The van der Waals surface area contributed by atoms with E-state index in [2.05, 4.69) is 25.6 Å². The third-order valence-electron chi connectivity index (χ3n) is 6.49. The van der Waals surface area contributed by atoms with Gasteiger partial charge in [0.2, 0.25) is 11.8 Å². The van der Waals surface area contributed by atoms with Crippen LogP contribution in [-0.4, -0.2) is 45.9 Å². The minimum Gasteiger partial charge on any atom is -0.481 e. The third-order valence-corrected chi connectivity index (χ3v) is 6.67. The Balaban J connectivity index is 1.52. The van der Waals surface area contributed by atoms with Gasteiger partial charge in [0, 0.05) is 17.3 Å². The standard InChI is InChI=1S/C27H33ClN6O5/c1-7-38-25-15(3)11-20(17(5)30-25)32-27(36)39-13-21(18-8-9-18)34-12-22(28)33-23(26(34)35)31-19-10-14(2)24(37-6)29-16(19)4/h10-12,18,21H,7-9,13H2,1-6H3,(H,31,33)(H,32,36). The number of carbonyl (C=O) groups excluding carboxylic acids is 1. The monoisotopic (exact) mass is 556 g/mol. The Kier molecular flexibility index (Phi) is 8.59. The molecule has 0 aliphatic heterocycles. The van der Waals surface area contributed by atoms with Crippen LogP contribution < -0.4 is 25.7 Å². The van der Waals surface area contributed by atoms with Crippen LogP contribution in [0.3, 0.4) is 0 Å². The van der Waals surface area contributed by atoms with Crippen molar-refractivity contribution in [2.24, 2.45) is 5.92 Å². The van der Waals surface area contributed by atoms with Crippen LogP contribution in [0.2, 0.25) is 5.15 Å². The van der Waals surface area contributed by atoms with Crippen LogP contribution in [0, 0.1) is 33.6 Å². The summed E-state index contributed by atoms with van der Waals surface area (Å²) < 4.78 is 17.9. The van der Waals surface area contributed by atoms with Gasteiger partial charge in [0.15, 0.2) is 5.82 Å². The second kappa shape index (κ2) is 11.9. The van der Waals surface area contributed by atoms with Crippen LogP contribution in [0.1, 0.15) is 48.3 Å². The number of nitrogens with one attached hydrogen (secondary N) is 2. The zero-order valence-corrected chi connectivity index (χ0v) is 23.7. The van der Waals surface area contributed by atoms with Gasteiger partial charge in [-0.3, -0.25) is 10.1 Å². The topological polar surface area (TPSA) is 129 Å². The molecule has 1 atom stereocenters. The summed E-state index contributed by atoms with van der Waals surface area (Å²) in [4.78, 5) is 39.2. The third kappa shape index (κ3) is 6.59. The highest BCUT2D eigenvalue weighted by molar-refractivity contribution is 6.29. The normalized spacial score (nSPS) is 13.5. The maximum Gasteiger partial charge on any atom is 0.411 e. The molecule has 3 aromatic heterocycles. The summed E-state index contributed by atoms with van der Waals surface area (Å²) in [6.07, 6.45) is 2.66. The van der Waals surface area contributed by atoms with Gasteiger partial charge in [-0.25, -0.2) is 19.7 Å². The largest absolute Gasteiger partial charge is 0.481 e. The first-order chi connectivity index (χ1) is 18.6. The van der Waals surface area contributed by atoms with Crippen molar-refractivity contribution in [3.63, 3.8) is 0 Å². The van der Waals surface area contributed by atoms with Crippen molar-refractivity contribution in [3.05, 3.63) is 56.4 Å². The molecule has 2 N–H and O–H groups in total. The molecule has 1 aliphatic carbocycles. The predicted octanol–water partition coefficient (Wildman–Crippen LogP) is 5.27. The van der Waals surface area contributed by atoms with E-state index in [1.54, 1.807) is 27.0 Å². The van der Waals surface area contributed by atoms with Crippen molar-refractivity contribution in [1.82, 2.24) is 19.5 Å². The number of anilines is 3. The molecule has 208 valence electrons. The molecule has 3 aromatic rings. The Bertz CT molecular complexity index is 1440. The van der Waals surface area contributed by atoms with Gasteiger partial charge >= 0.3 is 6.09 Å². The number of amides is 1. The van der Waals surface area contributed by atoms with E-state index in [-0.39, 0.29) is 29.1 Å². The molecule has 0 aromatic carbocycles. The summed E-state index contributed by atoms with van der Waals surface area (Å²) in [7, 11) is 1.55. The Hall–Kier alpha value is -3.86. The fraction of sp³-hybridized carbons (Fsp3) is 0.444. The fourth-order valence-electron chi connectivity index (χ4n) is 4.28. The summed E-state index contributed by atoms with van der Waals surface area (Å²) in [5, 5.41) is 5.94. The second-order valence-corrected chi connectivity index (χ2v) is 9.89. The van der Waals surface area contributed by atoms with E-state index < -0.39 is 12.1 Å². The Morgan fingerprint density at radius 2 is 1.72 bits per heavy atom. The molecular formula is C27H33ClN6O5. The summed E-state index contributed by atoms with van der Waals surface area (Å²) >= 11 is 6.33. The molecule has 1 unspecified atom stereocenters. The van der Waals surface area contributed by atoms with Gasteiger partial charge in [0.1, 0.15) is 11.8 Å². The van der Waals surface area contributed by atoms with Crippen molar-refractivity contribution in [2.45, 2.75) is 53.5 Å². The number of hydrogen-bond donors (Lipinski definition) is 2. The molecule has 0 radical (unpaired) electrons. The smallest absolute Gasteiger partial charge is 0.411 e. The molecule has 1 amide bonds. The average Bonchev–Trinajstić information content (AvgIpc) is 3.72. The minimum atomic E-state index is -0.643. The van der Waals surface area contributed by atoms with Gasteiger partial charge < -0.3 is 24.1 Å². The number of hydrogen-bond acceptors (Lipinski definition) is 9. The summed E-state index contributed by atoms with van der Waals surface area (Å²) in [6.45, 7) is 9.66. The van der Waals surface area contributed by atoms with E-state index in [0.717, 1.165) is 24.0 Å². The lowest BCUT2D eigenvalue weighted by Crippen LogP contribution is -2.32. The van der Waals surface area contributed by atoms with Gasteiger partial charge in [-0.2, -0.15) is 0 Å². The zero-order valence-electron chi connectivity index (χ0n) is 22.9. The first-order valence-electron chi connectivity index (χ1n) is 12.7. The highest BCUT2D eigenvalue weighted by Crippen LogP contribution is 2.40. The summed E-state index contributed by atoms with van der Waals surface area (Å²) in [5.74, 6) is 1.25. The van der Waals surface area contributed by atoms with Crippen LogP contribution in [0.15, 0.2) is 23.1 Å². The van der Waals surface area contributed by atoms with Gasteiger partial charge in [-0.15, -0.1) is 0 Å².